The van der Waals surface area contributed by atoms with Gasteiger partial charge in [0.2, 0.25) is 5.91 Å². The van der Waals surface area contributed by atoms with Crippen molar-refractivity contribution in [1.29, 1.82) is 5.26 Å². The lowest BCUT2D eigenvalue weighted by molar-refractivity contribution is -0.117. The average Bonchev–Trinajstić information content (AvgIpc) is 3.74. The fraction of sp³-hybridized carbons (Fsp3) is 0.370. The second-order valence-corrected chi connectivity index (χ2v) is 8.75. The number of benzene rings is 1. The second kappa shape index (κ2) is 11.6. The van der Waals surface area contributed by atoms with Gasteiger partial charge in [0.05, 0.1) is 17.8 Å². The quantitative estimate of drug-likeness (QED) is 0.354. The van der Waals surface area contributed by atoms with Crippen LogP contribution in [-0.2, 0) is 4.79 Å². The third-order valence-electron chi connectivity index (χ3n) is 6.12. The molecule has 0 spiro atoms. The number of piperidine rings is 1. The van der Waals surface area contributed by atoms with Crippen molar-refractivity contribution in [2.45, 2.75) is 38.5 Å². The molecule has 1 saturated heterocycles. The van der Waals surface area contributed by atoms with E-state index in [0.29, 0.717) is 41.6 Å². The van der Waals surface area contributed by atoms with Crippen molar-refractivity contribution in [1.82, 2.24) is 14.9 Å². The number of allylic oxidation sites excluding steroid dienone is 3. The van der Waals surface area contributed by atoms with Gasteiger partial charge in [0, 0.05) is 37.6 Å². The lowest BCUT2D eigenvalue weighted by Gasteiger charge is -2.36. The van der Waals surface area contributed by atoms with Crippen molar-refractivity contribution in [3.63, 3.8) is 0 Å². The first kappa shape index (κ1) is 25.0. The number of ether oxygens (including phenoxy) is 1. The normalized spacial score (nSPS) is 20.5. The zero-order valence-corrected chi connectivity index (χ0v) is 20.4. The van der Waals surface area contributed by atoms with Gasteiger partial charge in [-0.15, -0.1) is 0 Å². The van der Waals surface area contributed by atoms with E-state index in [2.05, 4.69) is 26.3 Å². The van der Waals surface area contributed by atoms with Gasteiger partial charge >= 0.3 is 0 Å². The standard InChI is InChI=1S/C27H29FN6O2/c1-3-4-5-6-26(30-2)34-12-11-24(21(28)16-34)36-23-10-9-19(13-20(23)15-29)22-14-25(32-17-31-22)33-27(35)18-7-8-18/h3-6,9-10,13-14,17-18,21,24H,7-8,11-12,16H2,1-2H3,(H,31,32,33,35)/b4-3-,6-5-,30-26-/t21-,24+/m1/s1. The summed E-state index contributed by atoms with van der Waals surface area (Å²) in [4.78, 5) is 26.6. The van der Waals surface area contributed by atoms with E-state index >= 15 is 4.39 Å². The minimum atomic E-state index is -1.24. The Hall–Kier alpha value is -4.06. The SMILES string of the molecule is C\C=C/C=C\C(=N\C)N1CC[C@H](Oc2ccc(-c3cc(NC(=O)C4CC4)ncn3)cc2C#N)[C@H](F)C1. The van der Waals surface area contributed by atoms with Crippen molar-refractivity contribution in [3.05, 3.63) is 60.5 Å². The van der Waals surface area contributed by atoms with Crippen LogP contribution in [0.2, 0.25) is 0 Å². The number of alkyl halides is 1. The number of anilines is 1. The smallest absolute Gasteiger partial charge is 0.228 e. The molecule has 1 aromatic carbocycles. The number of nitrogens with one attached hydrogen (secondary N) is 1. The molecule has 2 fully saturated rings. The van der Waals surface area contributed by atoms with Crippen LogP contribution in [0, 0.1) is 17.2 Å². The lowest BCUT2D eigenvalue weighted by Crippen LogP contribution is -2.49. The zero-order valence-electron chi connectivity index (χ0n) is 20.4. The molecule has 2 heterocycles. The Balaban J connectivity index is 1.43. The van der Waals surface area contributed by atoms with Crippen LogP contribution >= 0.6 is 0 Å². The van der Waals surface area contributed by atoms with Gasteiger partial charge in [-0.3, -0.25) is 9.79 Å². The van der Waals surface area contributed by atoms with E-state index in [0.717, 1.165) is 12.8 Å². The summed E-state index contributed by atoms with van der Waals surface area (Å²) >= 11 is 0. The summed E-state index contributed by atoms with van der Waals surface area (Å²) in [7, 11) is 1.69. The minimum Gasteiger partial charge on any atom is -0.486 e. The molecule has 1 aliphatic carbocycles. The number of nitrogens with zero attached hydrogens (tertiary/aromatic N) is 5. The monoisotopic (exact) mass is 488 g/mol. The van der Waals surface area contributed by atoms with Crippen molar-refractivity contribution in [3.8, 4) is 23.1 Å². The number of aromatic nitrogens is 2. The highest BCUT2D eigenvalue weighted by molar-refractivity contribution is 5.94. The van der Waals surface area contributed by atoms with Crippen molar-refractivity contribution < 1.29 is 13.9 Å². The van der Waals surface area contributed by atoms with Crippen LogP contribution < -0.4 is 10.1 Å². The molecule has 8 nitrogen and oxygen atoms in total. The lowest BCUT2D eigenvalue weighted by atomic mass is 10.0. The highest BCUT2D eigenvalue weighted by Gasteiger charge is 2.32. The number of carbonyl (C=O) groups is 1. The summed E-state index contributed by atoms with van der Waals surface area (Å²) in [6.45, 7) is 2.68. The highest BCUT2D eigenvalue weighted by atomic mass is 19.1. The maximum absolute atomic E-state index is 15.1. The molecule has 4 rings (SSSR count). The average molecular weight is 489 g/mol. The van der Waals surface area contributed by atoms with Gasteiger partial charge in [0.25, 0.3) is 0 Å². The number of carbonyl (C=O) groups excluding carboxylic acids is 1. The van der Waals surface area contributed by atoms with Crippen LogP contribution in [0.1, 0.15) is 31.7 Å². The van der Waals surface area contributed by atoms with E-state index in [-0.39, 0.29) is 23.9 Å². The minimum absolute atomic E-state index is 0.0425. The molecule has 0 bridgehead atoms. The third-order valence-corrected chi connectivity index (χ3v) is 6.12. The molecule has 36 heavy (non-hydrogen) atoms. The number of rotatable bonds is 7. The molecular formula is C27H29FN6O2. The van der Waals surface area contributed by atoms with E-state index in [9.17, 15) is 10.1 Å². The van der Waals surface area contributed by atoms with E-state index in [1.54, 1.807) is 31.3 Å². The molecule has 1 N–H and O–H groups in total. The topological polar surface area (TPSA) is 104 Å². The van der Waals surface area contributed by atoms with Gasteiger partial charge in [0.1, 0.15) is 35.9 Å². The number of hydrogen-bond donors (Lipinski definition) is 1. The van der Waals surface area contributed by atoms with Gasteiger partial charge in [-0.2, -0.15) is 5.26 Å². The van der Waals surface area contributed by atoms with Gasteiger partial charge in [-0.25, -0.2) is 14.4 Å². The number of nitriles is 1. The Kier molecular flexibility index (Phi) is 8.06. The summed E-state index contributed by atoms with van der Waals surface area (Å²) < 4.78 is 21.0. The second-order valence-electron chi connectivity index (χ2n) is 8.75. The molecular weight excluding hydrogens is 459 g/mol. The Morgan fingerprint density at radius 2 is 2.11 bits per heavy atom. The van der Waals surface area contributed by atoms with Crippen molar-refractivity contribution >= 4 is 17.6 Å². The first-order valence-electron chi connectivity index (χ1n) is 12.0. The zero-order chi connectivity index (χ0) is 25.5. The number of amidine groups is 1. The van der Waals surface area contributed by atoms with E-state index in [1.807, 2.05) is 36.1 Å². The molecule has 9 heteroatoms. The molecule has 1 saturated carbocycles. The van der Waals surface area contributed by atoms with Crippen LogP contribution in [0.3, 0.4) is 0 Å². The van der Waals surface area contributed by atoms with Crippen LogP contribution in [0.15, 0.2) is 59.9 Å². The van der Waals surface area contributed by atoms with Gasteiger partial charge < -0.3 is 15.0 Å². The Bertz CT molecular complexity index is 1230. The number of halogens is 1. The van der Waals surface area contributed by atoms with Crippen molar-refractivity contribution in [2.24, 2.45) is 10.9 Å². The van der Waals surface area contributed by atoms with Crippen LogP contribution in [0.4, 0.5) is 10.2 Å². The van der Waals surface area contributed by atoms with E-state index in [4.69, 9.17) is 4.74 Å². The first-order valence-corrected chi connectivity index (χ1v) is 12.0. The third kappa shape index (κ3) is 6.13. The number of hydrogen-bond acceptors (Lipinski definition) is 6. The predicted molar refractivity (Wildman–Crippen MR) is 136 cm³/mol. The van der Waals surface area contributed by atoms with E-state index in [1.165, 1.54) is 6.33 Å². The van der Waals surface area contributed by atoms with Gasteiger partial charge in [0.15, 0.2) is 6.17 Å². The summed E-state index contributed by atoms with van der Waals surface area (Å²) in [5, 5.41) is 12.5. The van der Waals surface area contributed by atoms with E-state index < -0.39 is 12.3 Å². The molecule has 186 valence electrons. The molecule has 2 aromatic rings. The van der Waals surface area contributed by atoms with Gasteiger partial charge in [-0.05, 0) is 44.0 Å². The first-order chi connectivity index (χ1) is 17.5. The molecule has 0 unspecified atom stereocenters. The number of likely N-dealkylation sites (tertiary alicyclic amines) is 1. The molecule has 1 aliphatic heterocycles. The Morgan fingerprint density at radius 1 is 1.28 bits per heavy atom. The molecule has 1 aromatic heterocycles. The summed E-state index contributed by atoms with van der Waals surface area (Å²) in [6.07, 6.45) is 9.27. The van der Waals surface area contributed by atoms with Crippen LogP contribution in [-0.4, -0.2) is 59.0 Å². The van der Waals surface area contributed by atoms with Gasteiger partial charge in [-0.1, -0.05) is 18.2 Å². The summed E-state index contributed by atoms with van der Waals surface area (Å²) in [5.74, 6) is 1.48. The molecule has 1 amide bonds. The maximum atomic E-state index is 15.1. The molecule has 2 aliphatic rings. The summed E-state index contributed by atoms with van der Waals surface area (Å²) in [6, 6.07) is 8.89. The van der Waals surface area contributed by atoms with Crippen LogP contribution in [0.25, 0.3) is 11.3 Å². The fourth-order valence-corrected chi connectivity index (χ4v) is 4.00. The fourth-order valence-electron chi connectivity index (χ4n) is 4.00. The number of aliphatic imine (C=N–C) groups is 1. The Morgan fingerprint density at radius 3 is 2.81 bits per heavy atom. The highest BCUT2D eigenvalue weighted by Crippen LogP contribution is 2.31. The molecule has 0 radical (unpaired) electrons. The largest absolute Gasteiger partial charge is 0.486 e. The summed E-state index contributed by atoms with van der Waals surface area (Å²) in [5.41, 5.74) is 1.52. The predicted octanol–water partition coefficient (Wildman–Crippen LogP) is 4.32. The Labute approximate surface area is 210 Å². The van der Waals surface area contributed by atoms with Crippen LogP contribution in [0.5, 0.6) is 5.75 Å². The molecule has 2 atom stereocenters. The number of amides is 1. The maximum Gasteiger partial charge on any atom is 0.228 e. The van der Waals surface area contributed by atoms with Crippen molar-refractivity contribution in [2.75, 3.05) is 25.5 Å².